The van der Waals surface area contributed by atoms with E-state index in [9.17, 15) is 8.78 Å². The number of hydrogen-bond donors (Lipinski definition) is 0. The van der Waals surface area contributed by atoms with Gasteiger partial charge in [0.05, 0.1) is 22.8 Å². The summed E-state index contributed by atoms with van der Waals surface area (Å²) in [5.41, 5.74) is 2.79. The highest BCUT2D eigenvalue weighted by Crippen LogP contribution is 2.31. The van der Waals surface area contributed by atoms with Gasteiger partial charge < -0.3 is 9.47 Å². The average Bonchev–Trinajstić information content (AvgIpc) is 3.28. The molecule has 0 atom stereocenters. The lowest BCUT2D eigenvalue weighted by Gasteiger charge is -2.11. The fourth-order valence-electron chi connectivity index (χ4n) is 3.63. The molecule has 6 heteroatoms. The van der Waals surface area contributed by atoms with Crippen LogP contribution < -0.4 is 9.47 Å². The summed E-state index contributed by atoms with van der Waals surface area (Å²) >= 11 is 0. The average molecular weight is 442 g/mol. The number of fused-ring (bicyclic) bond motifs is 1. The third-order valence-corrected chi connectivity index (χ3v) is 5.26. The van der Waals surface area contributed by atoms with Crippen molar-refractivity contribution in [3.05, 3.63) is 120 Å². The molecule has 0 aliphatic carbocycles. The van der Waals surface area contributed by atoms with Gasteiger partial charge in [-0.1, -0.05) is 66.7 Å². The van der Waals surface area contributed by atoms with E-state index in [0.29, 0.717) is 17.9 Å². The summed E-state index contributed by atoms with van der Waals surface area (Å²) in [6, 6.07) is 27.0. The van der Waals surface area contributed by atoms with Crippen molar-refractivity contribution in [3.8, 4) is 17.2 Å². The monoisotopic (exact) mass is 442 g/mol. The minimum atomic E-state index is -0.791. The molecule has 0 spiro atoms. The van der Waals surface area contributed by atoms with Crippen molar-refractivity contribution in [2.24, 2.45) is 0 Å². The number of hydrogen-bond acceptors (Lipinski definition) is 3. The summed E-state index contributed by atoms with van der Waals surface area (Å²) in [6.07, 6.45) is 1.63. The summed E-state index contributed by atoms with van der Waals surface area (Å²) in [7, 11) is 0. The number of benzene rings is 4. The molecule has 0 unspecified atom stereocenters. The first kappa shape index (κ1) is 20.7. The van der Waals surface area contributed by atoms with Gasteiger partial charge in [-0.3, -0.25) is 0 Å². The van der Waals surface area contributed by atoms with Crippen LogP contribution in [-0.4, -0.2) is 9.78 Å². The molecule has 0 aliphatic heterocycles. The van der Waals surface area contributed by atoms with Gasteiger partial charge in [-0.25, -0.2) is 13.5 Å². The van der Waals surface area contributed by atoms with Crippen LogP contribution in [0.3, 0.4) is 0 Å². The van der Waals surface area contributed by atoms with E-state index >= 15 is 0 Å². The van der Waals surface area contributed by atoms with Crippen LogP contribution in [0.25, 0.3) is 16.6 Å². The molecule has 1 aromatic heterocycles. The lowest BCUT2D eigenvalue weighted by Crippen LogP contribution is -2.03. The van der Waals surface area contributed by atoms with Gasteiger partial charge in [-0.05, 0) is 23.3 Å². The summed E-state index contributed by atoms with van der Waals surface area (Å²) < 4.78 is 42.4. The maximum atomic E-state index is 14.8. The summed E-state index contributed by atoms with van der Waals surface area (Å²) in [6.45, 7) is 0.475. The first-order valence-electron chi connectivity index (χ1n) is 10.5. The van der Waals surface area contributed by atoms with Crippen molar-refractivity contribution in [2.45, 2.75) is 13.2 Å². The zero-order chi connectivity index (χ0) is 22.6. The van der Waals surface area contributed by atoms with Crippen molar-refractivity contribution in [3.63, 3.8) is 0 Å². The molecule has 4 aromatic carbocycles. The van der Waals surface area contributed by atoms with Crippen LogP contribution in [0, 0.1) is 11.6 Å². The Bertz CT molecular complexity index is 1360. The van der Waals surface area contributed by atoms with Gasteiger partial charge in [0.25, 0.3) is 0 Å². The van der Waals surface area contributed by atoms with E-state index in [1.165, 1.54) is 16.8 Å². The molecule has 0 bridgehead atoms. The van der Waals surface area contributed by atoms with Crippen molar-refractivity contribution in [1.29, 1.82) is 0 Å². The quantitative estimate of drug-likeness (QED) is 0.290. The van der Waals surface area contributed by atoms with Crippen LogP contribution in [0.15, 0.2) is 97.2 Å². The van der Waals surface area contributed by atoms with Crippen LogP contribution in [0.2, 0.25) is 0 Å². The topological polar surface area (TPSA) is 36.3 Å². The lowest BCUT2D eigenvalue weighted by molar-refractivity contribution is 0.274. The van der Waals surface area contributed by atoms with Crippen LogP contribution in [-0.2, 0) is 13.2 Å². The summed E-state index contributed by atoms with van der Waals surface area (Å²) in [5, 5.41) is 5.10. The molecule has 0 saturated carbocycles. The van der Waals surface area contributed by atoms with E-state index < -0.39 is 17.4 Å². The SMILES string of the molecule is Fc1cc(-n2ncc3c(OCc4ccccc4)cccc32)cc(F)c1OCc1ccccc1. The Hall–Kier alpha value is -4.19. The zero-order valence-corrected chi connectivity index (χ0v) is 17.6. The highest BCUT2D eigenvalue weighted by atomic mass is 19.1. The highest BCUT2D eigenvalue weighted by Gasteiger charge is 2.16. The molecule has 0 radical (unpaired) electrons. The van der Waals surface area contributed by atoms with Crippen LogP contribution in [0.4, 0.5) is 8.78 Å². The third-order valence-electron chi connectivity index (χ3n) is 5.26. The Morgan fingerprint density at radius 2 is 1.30 bits per heavy atom. The zero-order valence-electron chi connectivity index (χ0n) is 17.6. The van der Waals surface area contributed by atoms with E-state index in [2.05, 4.69) is 5.10 Å². The van der Waals surface area contributed by atoms with Gasteiger partial charge in [0, 0.05) is 12.1 Å². The Morgan fingerprint density at radius 1 is 0.697 bits per heavy atom. The molecule has 5 rings (SSSR count). The predicted octanol–water partition coefficient (Wildman–Crippen LogP) is 6.46. The normalized spacial score (nSPS) is 11.0. The summed E-state index contributed by atoms with van der Waals surface area (Å²) in [4.78, 5) is 0. The van der Waals surface area contributed by atoms with Gasteiger partial charge in [0.2, 0.25) is 0 Å². The highest BCUT2D eigenvalue weighted by molar-refractivity contribution is 5.86. The van der Waals surface area contributed by atoms with E-state index in [1.807, 2.05) is 78.9 Å². The molecule has 0 N–H and O–H groups in total. The molecule has 5 aromatic rings. The van der Waals surface area contributed by atoms with Crippen LogP contribution >= 0.6 is 0 Å². The molecule has 1 heterocycles. The minimum Gasteiger partial charge on any atom is -0.488 e. The molecule has 0 amide bonds. The van der Waals surface area contributed by atoms with Gasteiger partial charge in [-0.15, -0.1) is 0 Å². The van der Waals surface area contributed by atoms with Gasteiger partial charge >= 0.3 is 0 Å². The Balaban J connectivity index is 1.41. The van der Waals surface area contributed by atoms with Gasteiger partial charge in [-0.2, -0.15) is 5.10 Å². The molecule has 0 aliphatic rings. The molecular formula is C27H20F2N2O2. The molecule has 33 heavy (non-hydrogen) atoms. The van der Waals surface area contributed by atoms with Crippen molar-refractivity contribution in [1.82, 2.24) is 9.78 Å². The van der Waals surface area contributed by atoms with Gasteiger partial charge in [0.1, 0.15) is 19.0 Å². The van der Waals surface area contributed by atoms with E-state index in [0.717, 1.165) is 16.5 Å². The second-order valence-electron chi connectivity index (χ2n) is 7.53. The summed E-state index contributed by atoms with van der Waals surface area (Å²) in [5.74, 6) is -1.35. The second kappa shape index (κ2) is 9.12. The fraction of sp³-hybridized carbons (Fsp3) is 0.0741. The van der Waals surface area contributed by atoms with Crippen molar-refractivity contribution < 1.29 is 18.3 Å². The number of ether oxygens (including phenoxy) is 2. The first-order valence-corrected chi connectivity index (χ1v) is 10.5. The molecule has 4 nitrogen and oxygen atoms in total. The maximum Gasteiger partial charge on any atom is 0.191 e. The molecular weight excluding hydrogens is 422 g/mol. The molecule has 0 fully saturated rings. The fourth-order valence-corrected chi connectivity index (χ4v) is 3.63. The Kier molecular flexibility index (Phi) is 5.72. The number of halogens is 2. The van der Waals surface area contributed by atoms with E-state index in [4.69, 9.17) is 9.47 Å². The van der Waals surface area contributed by atoms with E-state index in [1.54, 1.807) is 6.20 Å². The third kappa shape index (κ3) is 4.41. The smallest absolute Gasteiger partial charge is 0.191 e. The predicted molar refractivity (Wildman–Crippen MR) is 123 cm³/mol. The van der Waals surface area contributed by atoms with Gasteiger partial charge in [0.15, 0.2) is 17.4 Å². The standard InChI is InChI=1S/C27H20F2N2O2/c28-23-14-21(15-24(29)27(23)33-18-20-10-5-2-6-11-20)31-25-12-7-13-26(22(25)16-30-31)32-17-19-8-3-1-4-9-19/h1-16H,17-18H2. The number of rotatable bonds is 7. The Labute approximate surface area is 189 Å². The largest absolute Gasteiger partial charge is 0.488 e. The molecule has 0 saturated heterocycles. The molecule has 164 valence electrons. The van der Waals surface area contributed by atoms with Crippen molar-refractivity contribution >= 4 is 10.9 Å². The minimum absolute atomic E-state index is 0.0703. The number of aromatic nitrogens is 2. The lowest BCUT2D eigenvalue weighted by atomic mass is 10.2. The second-order valence-corrected chi connectivity index (χ2v) is 7.53. The van der Waals surface area contributed by atoms with Crippen molar-refractivity contribution in [2.75, 3.05) is 0 Å². The van der Waals surface area contributed by atoms with Crippen LogP contribution in [0.5, 0.6) is 11.5 Å². The first-order chi connectivity index (χ1) is 16.2. The Morgan fingerprint density at radius 3 is 1.94 bits per heavy atom. The number of nitrogens with zero attached hydrogens (tertiary/aromatic N) is 2. The van der Waals surface area contributed by atoms with Crippen LogP contribution in [0.1, 0.15) is 11.1 Å². The maximum absolute atomic E-state index is 14.8. The van der Waals surface area contributed by atoms with E-state index in [-0.39, 0.29) is 12.3 Å².